The molecule has 1 heterocycles. The number of methoxy groups -OCH3 is 1. The summed E-state index contributed by atoms with van der Waals surface area (Å²) >= 11 is 0. The summed E-state index contributed by atoms with van der Waals surface area (Å²) in [5.41, 5.74) is 1.16. The maximum absolute atomic E-state index is 11.5. The van der Waals surface area contributed by atoms with Crippen LogP contribution >= 0.6 is 0 Å². The van der Waals surface area contributed by atoms with Gasteiger partial charge in [-0.25, -0.2) is 0 Å². The zero-order chi connectivity index (χ0) is 11.4. The molecule has 0 saturated carbocycles. The lowest BCUT2D eigenvalue weighted by atomic mass is 9.94. The molecule has 0 spiro atoms. The highest BCUT2D eigenvalue weighted by Gasteiger charge is 2.19. The first kappa shape index (κ1) is 10.7. The summed E-state index contributed by atoms with van der Waals surface area (Å²) in [7, 11) is 1.65. The van der Waals surface area contributed by atoms with E-state index in [0.29, 0.717) is 0 Å². The SMILES string of the molecule is COc1ccc(CC2CC=CNC2=O)cc1. The fourth-order valence-electron chi connectivity index (χ4n) is 1.82. The Balaban J connectivity index is 2.03. The maximum Gasteiger partial charge on any atom is 0.227 e. The first-order chi connectivity index (χ1) is 7.79. The van der Waals surface area contributed by atoms with Crippen molar-refractivity contribution in [2.24, 2.45) is 5.92 Å². The van der Waals surface area contributed by atoms with Crippen molar-refractivity contribution in [3.63, 3.8) is 0 Å². The molecule has 84 valence electrons. The quantitative estimate of drug-likeness (QED) is 0.839. The number of nitrogens with one attached hydrogen (secondary N) is 1. The average molecular weight is 217 g/mol. The fourth-order valence-corrected chi connectivity index (χ4v) is 1.82. The molecule has 1 atom stereocenters. The van der Waals surface area contributed by atoms with Crippen LogP contribution in [0.2, 0.25) is 0 Å². The van der Waals surface area contributed by atoms with Crippen LogP contribution in [-0.2, 0) is 11.2 Å². The minimum atomic E-state index is 0.0541. The molecule has 16 heavy (non-hydrogen) atoms. The lowest BCUT2D eigenvalue weighted by Crippen LogP contribution is -2.30. The molecule has 0 radical (unpaired) electrons. The molecular weight excluding hydrogens is 202 g/mol. The number of rotatable bonds is 3. The van der Waals surface area contributed by atoms with Gasteiger partial charge in [-0.3, -0.25) is 4.79 Å². The number of amides is 1. The summed E-state index contributed by atoms with van der Waals surface area (Å²) in [5, 5.41) is 2.73. The number of hydrogen-bond donors (Lipinski definition) is 1. The Morgan fingerprint density at radius 1 is 1.38 bits per heavy atom. The van der Waals surface area contributed by atoms with E-state index in [1.165, 1.54) is 0 Å². The van der Waals surface area contributed by atoms with Crippen molar-refractivity contribution in [3.8, 4) is 5.75 Å². The number of carbonyl (C=O) groups is 1. The van der Waals surface area contributed by atoms with Crippen molar-refractivity contribution in [2.75, 3.05) is 7.11 Å². The van der Waals surface area contributed by atoms with Gasteiger partial charge in [0.2, 0.25) is 5.91 Å². The molecule has 3 heteroatoms. The van der Waals surface area contributed by atoms with E-state index in [0.717, 1.165) is 24.2 Å². The van der Waals surface area contributed by atoms with Crippen LogP contribution in [0.5, 0.6) is 5.75 Å². The number of carbonyl (C=O) groups excluding carboxylic acids is 1. The van der Waals surface area contributed by atoms with Gasteiger partial charge in [0.05, 0.1) is 7.11 Å². The molecule has 0 fully saturated rings. The van der Waals surface area contributed by atoms with Crippen LogP contribution in [0.1, 0.15) is 12.0 Å². The van der Waals surface area contributed by atoms with Crippen molar-refractivity contribution in [2.45, 2.75) is 12.8 Å². The molecule has 1 aromatic rings. The largest absolute Gasteiger partial charge is 0.497 e. The zero-order valence-electron chi connectivity index (χ0n) is 9.27. The second-order valence-corrected chi connectivity index (χ2v) is 3.90. The molecule has 1 aromatic carbocycles. The highest BCUT2D eigenvalue weighted by Crippen LogP contribution is 2.18. The van der Waals surface area contributed by atoms with E-state index in [4.69, 9.17) is 4.74 Å². The van der Waals surface area contributed by atoms with E-state index in [-0.39, 0.29) is 11.8 Å². The summed E-state index contributed by atoms with van der Waals surface area (Å²) < 4.78 is 5.09. The predicted octanol–water partition coefficient (Wildman–Crippen LogP) is 1.89. The predicted molar refractivity (Wildman–Crippen MR) is 62.1 cm³/mol. The molecule has 1 aliphatic heterocycles. The molecule has 1 amide bonds. The van der Waals surface area contributed by atoms with Crippen molar-refractivity contribution < 1.29 is 9.53 Å². The van der Waals surface area contributed by atoms with Crippen molar-refractivity contribution in [1.82, 2.24) is 5.32 Å². The van der Waals surface area contributed by atoms with E-state index in [9.17, 15) is 4.79 Å². The number of hydrogen-bond acceptors (Lipinski definition) is 2. The smallest absolute Gasteiger partial charge is 0.227 e. The second kappa shape index (κ2) is 4.84. The van der Waals surface area contributed by atoms with Gasteiger partial charge in [-0.2, -0.15) is 0 Å². The third-order valence-corrected chi connectivity index (χ3v) is 2.78. The van der Waals surface area contributed by atoms with Gasteiger partial charge >= 0.3 is 0 Å². The normalized spacial score (nSPS) is 19.3. The number of benzene rings is 1. The second-order valence-electron chi connectivity index (χ2n) is 3.90. The van der Waals surface area contributed by atoms with Crippen LogP contribution in [0.4, 0.5) is 0 Å². The molecule has 1 unspecified atom stereocenters. The molecule has 1 aliphatic rings. The molecule has 0 saturated heterocycles. The first-order valence-corrected chi connectivity index (χ1v) is 5.38. The Kier molecular flexibility index (Phi) is 3.25. The van der Waals surface area contributed by atoms with Crippen molar-refractivity contribution in [3.05, 3.63) is 42.1 Å². The highest BCUT2D eigenvalue weighted by molar-refractivity contribution is 5.81. The minimum absolute atomic E-state index is 0.0541. The van der Waals surface area contributed by atoms with Crippen LogP contribution < -0.4 is 10.1 Å². The molecule has 0 bridgehead atoms. The van der Waals surface area contributed by atoms with E-state index in [1.54, 1.807) is 13.3 Å². The molecule has 3 nitrogen and oxygen atoms in total. The lowest BCUT2D eigenvalue weighted by Gasteiger charge is -2.17. The first-order valence-electron chi connectivity index (χ1n) is 5.38. The van der Waals surface area contributed by atoms with Crippen LogP contribution in [0.25, 0.3) is 0 Å². The Hall–Kier alpha value is -1.77. The summed E-state index contributed by atoms with van der Waals surface area (Å²) in [6.45, 7) is 0. The van der Waals surface area contributed by atoms with Crippen LogP contribution in [0, 0.1) is 5.92 Å². The fraction of sp³-hybridized carbons (Fsp3) is 0.308. The molecule has 0 aliphatic carbocycles. The summed E-state index contributed by atoms with van der Waals surface area (Å²) in [6, 6.07) is 7.85. The standard InChI is InChI=1S/C13H15NO2/c1-16-12-6-4-10(5-7-12)9-11-3-2-8-14-13(11)15/h2,4-8,11H,3,9H2,1H3,(H,14,15). The lowest BCUT2D eigenvalue weighted by molar-refractivity contribution is -0.124. The van der Waals surface area contributed by atoms with Crippen molar-refractivity contribution >= 4 is 5.91 Å². The average Bonchev–Trinajstić information content (AvgIpc) is 2.33. The maximum atomic E-state index is 11.5. The van der Waals surface area contributed by atoms with Gasteiger partial charge in [-0.1, -0.05) is 18.2 Å². The van der Waals surface area contributed by atoms with Gasteiger partial charge in [0, 0.05) is 5.92 Å². The molecule has 2 rings (SSSR count). The van der Waals surface area contributed by atoms with Crippen LogP contribution in [0.15, 0.2) is 36.5 Å². The summed E-state index contributed by atoms with van der Waals surface area (Å²) in [5.74, 6) is 1.01. The van der Waals surface area contributed by atoms with E-state index >= 15 is 0 Å². The number of ether oxygens (including phenoxy) is 1. The van der Waals surface area contributed by atoms with Gasteiger partial charge in [-0.15, -0.1) is 0 Å². The molecular formula is C13H15NO2. The highest BCUT2D eigenvalue weighted by atomic mass is 16.5. The van der Waals surface area contributed by atoms with Gasteiger partial charge in [0.25, 0.3) is 0 Å². The Morgan fingerprint density at radius 2 is 2.12 bits per heavy atom. The van der Waals surface area contributed by atoms with Gasteiger partial charge < -0.3 is 10.1 Å². The van der Waals surface area contributed by atoms with E-state index in [1.807, 2.05) is 30.3 Å². The third-order valence-electron chi connectivity index (χ3n) is 2.78. The third kappa shape index (κ3) is 2.42. The molecule has 1 N–H and O–H groups in total. The van der Waals surface area contributed by atoms with Gasteiger partial charge in [0.1, 0.15) is 5.75 Å². The topological polar surface area (TPSA) is 38.3 Å². The van der Waals surface area contributed by atoms with Crippen molar-refractivity contribution in [1.29, 1.82) is 0 Å². The van der Waals surface area contributed by atoms with E-state index < -0.39 is 0 Å². The zero-order valence-corrected chi connectivity index (χ0v) is 9.27. The van der Waals surface area contributed by atoms with Crippen LogP contribution in [0.3, 0.4) is 0 Å². The number of allylic oxidation sites excluding steroid dienone is 1. The van der Waals surface area contributed by atoms with E-state index in [2.05, 4.69) is 5.32 Å². The molecule has 0 aromatic heterocycles. The summed E-state index contributed by atoms with van der Waals surface area (Å²) in [6.07, 6.45) is 5.31. The van der Waals surface area contributed by atoms with Gasteiger partial charge in [0.15, 0.2) is 0 Å². The Labute approximate surface area is 95.1 Å². The van der Waals surface area contributed by atoms with Gasteiger partial charge in [-0.05, 0) is 36.7 Å². The monoisotopic (exact) mass is 217 g/mol. The Bertz CT molecular complexity index is 395. The van der Waals surface area contributed by atoms with Crippen LogP contribution in [-0.4, -0.2) is 13.0 Å². The summed E-state index contributed by atoms with van der Waals surface area (Å²) in [4.78, 5) is 11.5. The minimum Gasteiger partial charge on any atom is -0.497 e. The Morgan fingerprint density at radius 3 is 2.75 bits per heavy atom.